The molecule has 3 rings (SSSR count). The van der Waals surface area contributed by atoms with Gasteiger partial charge >= 0.3 is 6.18 Å². The molecule has 0 aliphatic carbocycles. The molecule has 0 fully saturated rings. The van der Waals surface area contributed by atoms with Crippen LogP contribution in [0.1, 0.15) is 5.56 Å². The molecule has 0 saturated carbocycles. The molecule has 1 heterocycles. The van der Waals surface area contributed by atoms with Gasteiger partial charge in [-0.2, -0.15) is 13.2 Å². The first-order chi connectivity index (χ1) is 12.3. The predicted octanol–water partition coefficient (Wildman–Crippen LogP) is 2.92. The molecular formula is C18H18F3N3O2. The van der Waals surface area contributed by atoms with Crippen LogP contribution in [0.5, 0.6) is 5.75 Å². The Bertz CT molecular complexity index is 958. The molecule has 0 amide bonds. The van der Waals surface area contributed by atoms with Crippen LogP contribution in [-0.2, 0) is 19.8 Å². The number of nitrogens with one attached hydrogen (secondary N) is 1. The maximum atomic E-state index is 12.5. The van der Waals surface area contributed by atoms with E-state index in [1.54, 1.807) is 16.2 Å². The number of hydrogen-bond acceptors (Lipinski definition) is 3. The van der Waals surface area contributed by atoms with E-state index in [9.17, 15) is 18.3 Å². The van der Waals surface area contributed by atoms with E-state index in [2.05, 4.69) is 0 Å². The van der Waals surface area contributed by atoms with E-state index in [1.807, 2.05) is 24.3 Å². The van der Waals surface area contributed by atoms with Gasteiger partial charge in [0.25, 0.3) is 0 Å². The van der Waals surface area contributed by atoms with Crippen molar-refractivity contribution in [3.63, 3.8) is 0 Å². The molecule has 8 heteroatoms. The Morgan fingerprint density at radius 1 is 1.08 bits per heavy atom. The van der Waals surface area contributed by atoms with Crippen molar-refractivity contribution in [2.75, 3.05) is 6.61 Å². The molecule has 2 N–H and O–H groups in total. The van der Waals surface area contributed by atoms with Gasteiger partial charge in [0.15, 0.2) is 0 Å². The summed E-state index contributed by atoms with van der Waals surface area (Å²) in [5, 5.41) is 18.4. The molecule has 0 spiro atoms. The number of rotatable bonds is 5. The monoisotopic (exact) mass is 365 g/mol. The number of halogens is 3. The van der Waals surface area contributed by atoms with E-state index < -0.39 is 17.8 Å². The van der Waals surface area contributed by atoms with Crippen LogP contribution in [0.15, 0.2) is 48.5 Å². The first-order valence-electron chi connectivity index (χ1n) is 7.94. The Morgan fingerprint density at radius 2 is 1.69 bits per heavy atom. The minimum absolute atomic E-state index is 0.0962. The summed E-state index contributed by atoms with van der Waals surface area (Å²) in [6, 6.07) is 11.8. The van der Waals surface area contributed by atoms with Crippen molar-refractivity contribution in [1.29, 1.82) is 5.41 Å². The maximum Gasteiger partial charge on any atom is 0.416 e. The highest BCUT2D eigenvalue weighted by molar-refractivity contribution is 5.75. The van der Waals surface area contributed by atoms with E-state index in [-0.39, 0.29) is 24.5 Å². The zero-order valence-corrected chi connectivity index (χ0v) is 14.0. The van der Waals surface area contributed by atoms with E-state index in [0.29, 0.717) is 0 Å². The molecule has 0 bridgehead atoms. The number of ether oxygens (including phenoxy) is 1. The molecule has 0 radical (unpaired) electrons. The van der Waals surface area contributed by atoms with Crippen LogP contribution in [0.2, 0.25) is 0 Å². The third-order valence-electron chi connectivity index (χ3n) is 4.12. The first-order valence-corrected chi connectivity index (χ1v) is 7.94. The van der Waals surface area contributed by atoms with Crippen molar-refractivity contribution in [3.05, 3.63) is 59.7 Å². The summed E-state index contributed by atoms with van der Waals surface area (Å²) in [4.78, 5) is 0. The number of imidazole rings is 1. The highest BCUT2D eigenvalue weighted by Gasteiger charge is 2.30. The van der Waals surface area contributed by atoms with Crippen LogP contribution >= 0.6 is 0 Å². The third kappa shape index (κ3) is 3.60. The summed E-state index contributed by atoms with van der Waals surface area (Å²) in [5.41, 5.74) is 1.16. The molecule has 1 unspecified atom stereocenters. The van der Waals surface area contributed by atoms with Gasteiger partial charge in [-0.3, -0.25) is 5.41 Å². The number of nitrogens with zero attached hydrogens (tertiary/aromatic N) is 2. The largest absolute Gasteiger partial charge is 0.491 e. The standard InChI is InChI=1S/C18H18F3N3O2/c1-23-15-4-2-3-5-16(15)24(17(23)22)10-13(25)11-26-14-8-6-12(7-9-14)18(19,20)21/h2-9,13,22,25H,10-11H2,1H3. The second-order valence-corrected chi connectivity index (χ2v) is 5.97. The molecule has 138 valence electrons. The Labute approximate surface area is 147 Å². The number of aliphatic hydroxyl groups excluding tert-OH is 1. The molecule has 0 aliphatic heterocycles. The Balaban J connectivity index is 1.68. The lowest BCUT2D eigenvalue weighted by Crippen LogP contribution is -2.30. The molecule has 26 heavy (non-hydrogen) atoms. The van der Waals surface area contributed by atoms with E-state index >= 15 is 0 Å². The van der Waals surface area contributed by atoms with E-state index in [1.165, 1.54) is 12.1 Å². The molecule has 0 saturated heterocycles. The van der Waals surface area contributed by atoms with Crippen molar-refractivity contribution < 1.29 is 23.0 Å². The van der Waals surface area contributed by atoms with Crippen molar-refractivity contribution in [2.24, 2.45) is 7.05 Å². The number of benzene rings is 2. The lowest BCUT2D eigenvalue weighted by atomic mass is 10.2. The number of aryl methyl sites for hydroxylation is 1. The van der Waals surface area contributed by atoms with Crippen LogP contribution < -0.4 is 10.4 Å². The summed E-state index contributed by atoms with van der Waals surface area (Å²) in [7, 11) is 1.77. The summed E-state index contributed by atoms with van der Waals surface area (Å²) < 4.78 is 46.4. The maximum absolute atomic E-state index is 12.5. The van der Waals surface area contributed by atoms with Crippen LogP contribution in [0.25, 0.3) is 11.0 Å². The minimum Gasteiger partial charge on any atom is -0.491 e. The average Bonchev–Trinajstić information content (AvgIpc) is 2.85. The van der Waals surface area contributed by atoms with Gasteiger partial charge in [-0.1, -0.05) is 12.1 Å². The molecule has 5 nitrogen and oxygen atoms in total. The zero-order valence-electron chi connectivity index (χ0n) is 14.0. The average molecular weight is 365 g/mol. The molecule has 3 aromatic rings. The number of fused-ring (bicyclic) bond motifs is 1. The third-order valence-corrected chi connectivity index (χ3v) is 4.12. The minimum atomic E-state index is -4.40. The second-order valence-electron chi connectivity index (χ2n) is 5.97. The lowest BCUT2D eigenvalue weighted by molar-refractivity contribution is -0.137. The zero-order chi connectivity index (χ0) is 18.9. The van der Waals surface area contributed by atoms with Gasteiger partial charge in [0, 0.05) is 7.05 Å². The Kier molecular flexibility index (Phi) is 4.78. The fourth-order valence-electron chi connectivity index (χ4n) is 2.77. The van der Waals surface area contributed by atoms with Gasteiger partial charge in [0.05, 0.1) is 23.1 Å². The second kappa shape index (κ2) is 6.87. The normalized spacial score (nSPS) is 13.1. The highest BCUT2D eigenvalue weighted by atomic mass is 19.4. The van der Waals surface area contributed by atoms with Gasteiger partial charge in [0.1, 0.15) is 18.5 Å². The van der Waals surface area contributed by atoms with Gasteiger partial charge in [-0.05, 0) is 36.4 Å². The topological polar surface area (TPSA) is 63.2 Å². The van der Waals surface area contributed by atoms with Gasteiger partial charge in [-0.15, -0.1) is 0 Å². The number of para-hydroxylation sites is 2. The Hall–Kier alpha value is -2.74. The molecule has 2 aromatic carbocycles. The highest BCUT2D eigenvalue weighted by Crippen LogP contribution is 2.30. The molecule has 1 atom stereocenters. The van der Waals surface area contributed by atoms with Crippen LogP contribution in [0.4, 0.5) is 13.2 Å². The van der Waals surface area contributed by atoms with Gasteiger partial charge < -0.3 is 19.0 Å². The fourth-order valence-corrected chi connectivity index (χ4v) is 2.77. The summed E-state index contributed by atoms with van der Waals surface area (Å²) in [5.74, 6) is 0.242. The van der Waals surface area contributed by atoms with E-state index in [0.717, 1.165) is 23.2 Å². The van der Waals surface area contributed by atoms with Gasteiger partial charge in [-0.25, -0.2) is 0 Å². The Morgan fingerprint density at radius 3 is 2.31 bits per heavy atom. The van der Waals surface area contributed by atoms with E-state index in [4.69, 9.17) is 10.1 Å². The number of aliphatic hydroxyl groups is 1. The van der Waals surface area contributed by atoms with Gasteiger partial charge in [0.2, 0.25) is 5.62 Å². The molecular weight excluding hydrogens is 347 g/mol. The number of aromatic nitrogens is 2. The number of hydrogen-bond donors (Lipinski definition) is 2. The van der Waals surface area contributed by atoms with Crippen LogP contribution in [0, 0.1) is 5.41 Å². The summed E-state index contributed by atoms with van der Waals surface area (Å²) in [6.07, 6.45) is -5.31. The molecule has 1 aromatic heterocycles. The summed E-state index contributed by atoms with van der Waals surface area (Å²) in [6.45, 7) is 0.0435. The quantitative estimate of drug-likeness (QED) is 0.730. The number of alkyl halides is 3. The van der Waals surface area contributed by atoms with Crippen LogP contribution in [-0.4, -0.2) is 27.0 Å². The summed E-state index contributed by atoms with van der Waals surface area (Å²) >= 11 is 0. The lowest BCUT2D eigenvalue weighted by Gasteiger charge is -2.14. The SMILES string of the molecule is Cn1c(=N)n(CC(O)COc2ccc(C(F)(F)F)cc2)c2ccccc21. The van der Waals surface area contributed by atoms with Crippen molar-refractivity contribution in [2.45, 2.75) is 18.8 Å². The molecule has 0 aliphatic rings. The fraction of sp³-hybridized carbons (Fsp3) is 0.278. The van der Waals surface area contributed by atoms with Crippen molar-refractivity contribution in [3.8, 4) is 5.75 Å². The predicted molar refractivity (Wildman–Crippen MR) is 89.7 cm³/mol. The first kappa shape index (κ1) is 18.1. The van der Waals surface area contributed by atoms with Crippen molar-refractivity contribution >= 4 is 11.0 Å². The van der Waals surface area contributed by atoms with Crippen molar-refractivity contribution in [1.82, 2.24) is 9.13 Å². The van der Waals surface area contributed by atoms with Crippen LogP contribution in [0.3, 0.4) is 0 Å². The smallest absolute Gasteiger partial charge is 0.416 e.